The predicted molar refractivity (Wildman–Crippen MR) is 69.9 cm³/mol. The maximum absolute atomic E-state index is 10.6. The number of aromatic nitrogens is 2. The molecule has 2 heterocycles. The van der Waals surface area contributed by atoms with Gasteiger partial charge in [0.1, 0.15) is 22.8 Å². The first kappa shape index (κ1) is 13.0. The molecule has 0 atom stereocenters. The molecule has 0 aliphatic heterocycles. The van der Waals surface area contributed by atoms with Crippen LogP contribution in [0.1, 0.15) is 13.8 Å². The fourth-order valence-electron chi connectivity index (χ4n) is 1.77. The Morgan fingerprint density at radius 1 is 1.32 bits per heavy atom. The summed E-state index contributed by atoms with van der Waals surface area (Å²) in [6, 6.07) is 4.61. The fourth-order valence-corrected chi connectivity index (χ4v) is 1.77. The third-order valence-corrected chi connectivity index (χ3v) is 2.76. The summed E-state index contributed by atoms with van der Waals surface area (Å²) in [6.07, 6.45) is 1.43. The predicted octanol–water partition coefficient (Wildman–Crippen LogP) is 2.49. The molecule has 0 fully saturated rings. The molecule has 0 saturated heterocycles. The van der Waals surface area contributed by atoms with E-state index in [1.165, 1.54) is 18.5 Å². The second-order valence-electron chi connectivity index (χ2n) is 3.83. The molecule has 0 N–H and O–H groups in total. The molecular weight excluding hydrogens is 248 g/mol. The van der Waals surface area contributed by atoms with E-state index < -0.39 is 4.92 Å². The van der Waals surface area contributed by atoms with Crippen LogP contribution in [0.3, 0.4) is 0 Å². The van der Waals surface area contributed by atoms with Gasteiger partial charge in [-0.2, -0.15) is 0 Å². The summed E-state index contributed by atoms with van der Waals surface area (Å²) in [5.74, 6) is 0.842. The van der Waals surface area contributed by atoms with Crippen LogP contribution in [0, 0.1) is 10.1 Å². The second kappa shape index (κ2) is 5.47. The Morgan fingerprint density at radius 3 is 2.63 bits per heavy atom. The van der Waals surface area contributed by atoms with E-state index in [-0.39, 0.29) is 5.88 Å². The molecule has 7 nitrogen and oxygen atoms in total. The van der Waals surface area contributed by atoms with Gasteiger partial charge in [0, 0.05) is 19.2 Å². The van der Waals surface area contributed by atoms with Crippen molar-refractivity contribution in [2.24, 2.45) is 0 Å². The Kier molecular flexibility index (Phi) is 3.74. The first-order chi connectivity index (χ1) is 9.15. The Hall–Kier alpha value is -2.44. The van der Waals surface area contributed by atoms with Crippen LogP contribution >= 0.6 is 0 Å². The first-order valence-electron chi connectivity index (χ1n) is 5.97. The van der Waals surface area contributed by atoms with Crippen LogP contribution < -0.4 is 4.90 Å². The number of hydrogen-bond donors (Lipinski definition) is 0. The zero-order valence-corrected chi connectivity index (χ0v) is 10.7. The summed E-state index contributed by atoms with van der Waals surface area (Å²) >= 11 is 0. The van der Waals surface area contributed by atoms with Gasteiger partial charge in [-0.25, -0.2) is 9.97 Å². The molecular formula is C12H14N4O3. The minimum atomic E-state index is -0.573. The van der Waals surface area contributed by atoms with Crippen molar-refractivity contribution in [2.75, 3.05) is 18.0 Å². The van der Waals surface area contributed by atoms with Crippen molar-refractivity contribution in [3.63, 3.8) is 0 Å². The van der Waals surface area contributed by atoms with Crippen LogP contribution in [0.25, 0.3) is 11.5 Å². The third kappa shape index (κ3) is 2.70. The number of anilines is 1. The van der Waals surface area contributed by atoms with Crippen molar-refractivity contribution in [1.82, 2.24) is 9.97 Å². The minimum Gasteiger partial charge on any atom is -0.399 e. The van der Waals surface area contributed by atoms with Crippen molar-refractivity contribution in [3.8, 4) is 11.5 Å². The molecule has 0 amide bonds. The second-order valence-corrected chi connectivity index (χ2v) is 3.83. The zero-order chi connectivity index (χ0) is 13.8. The van der Waals surface area contributed by atoms with Gasteiger partial charge in [0.15, 0.2) is 5.76 Å². The van der Waals surface area contributed by atoms with E-state index in [9.17, 15) is 10.1 Å². The molecule has 0 bridgehead atoms. The molecule has 100 valence electrons. The van der Waals surface area contributed by atoms with Crippen LogP contribution in [0.5, 0.6) is 0 Å². The average Bonchev–Trinajstić information content (AvgIpc) is 2.90. The molecule has 0 aliphatic rings. The third-order valence-electron chi connectivity index (χ3n) is 2.76. The molecule has 0 radical (unpaired) electrons. The van der Waals surface area contributed by atoms with E-state index in [0.29, 0.717) is 11.5 Å². The maximum atomic E-state index is 10.6. The standard InChI is InChI=1S/C12H14N4O3/c1-3-15(4-2)11-7-9(13-8-14-11)10-5-6-12(19-10)16(17)18/h5-8H,3-4H2,1-2H3. The van der Waals surface area contributed by atoms with Crippen molar-refractivity contribution in [2.45, 2.75) is 13.8 Å². The molecule has 0 unspecified atom stereocenters. The summed E-state index contributed by atoms with van der Waals surface area (Å²) < 4.78 is 5.13. The average molecular weight is 262 g/mol. The van der Waals surface area contributed by atoms with Gasteiger partial charge in [0.2, 0.25) is 0 Å². The largest absolute Gasteiger partial charge is 0.433 e. The monoisotopic (exact) mass is 262 g/mol. The van der Waals surface area contributed by atoms with Gasteiger partial charge < -0.3 is 9.32 Å². The summed E-state index contributed by atoms with van der Waals surface area (Å²) in [5, 5.41) is 10.6. The molecule has 2 aromatic heterocycles. The van der Waals surface area contributed by atoms with Crippen LogP contribution in [-0.4, -0.2) is 28.0 Å². The Morgan fingerprint density at radius 2 is 2.05 bits per heavy atom. The van der Waals surface area contributed by atoms with Gasteiger partial charge in [-0.15, -0.1) is 0 Å². The van der Waals surface area contributed by atoms with Crippen LogP contribution in [0.2, 0.25) is 0 Å². The van der Waals surface area contributed by atoms with Gasteiger partial charge in [-0.1, -0.05) is 0 Å². The molecule has 7 heteroatoms. The summed E-state index contributed by atoms with van der Waals surface area (Å²) in [6.45, 7) is 5.71. The molecule has 2 aromatic rings. The lowest BCUT2D eigenvalue weighted by molar-refractivity contribution is -0.401. The molecule has 0 aliphatic carbocycles. The van der Waals surface area contributed by atoms with Crippen LogP contribution in [-0.2, 0) is 0 Å². The molecule has 0 aromatic carbocycles. The highest BCUT2D eigenvalue weighted by Gasteiger charge is 2.15. The summed E-state index contributed by atoms with van der Waals surface area (Å²) in [4.78, 5) is 20.3. The van der Waals surface area contributed by atoms with E-state index in [4.69, 9.17) is 4.42 Å². The van der Waals surface area contributed by atoms with E-state index in [1.807, 2.05) is 13.8 Å². The van der Waals surface area contributed by atoms with E-state index in [2.05, 4.69) is 14.9 Å². The number of furan rings is 1. The van der Waals surface area contributed by atoms with Gasteiger partial charge >= 0.3 is 5.88 Å². The van der Waals surface area contributed by atoms with Crippen molar-refractivity contribution in [3.05, 3.63) is 34.6 Å². The minimum absolute atomic E-state index is 0.294. The van der Waals surface area contributed by atoms with Gasteiger partial charge in [-0.3, -0.25) is 10.1 Å². The SMILES string of the molecule is CCN(CC)c1cc(-c2ccc([N+](=O)[O-])o2)ncn1. The maximum Gasteiger partial charge on any atom is 0.433 e. The number of nitro groups is 1. The van der Waals surface area contributed by atoms with Gasteiger partial charge in [0.25, 0.3) is 0 Å². The first-order valence-corrected chi connectivity index (χ1v) is 5.97. The van der Waals surface area contributed by atoms with E-state index >= 15 is 0 Å². The molecule has 19 heavy (non-hydrogen) atoms. The lowest BCUT2D eigenvalue weighted by Gasteiger charge is -2.19. The van der Waals surface area contributed by atoms with Gasteiger partial charge in [0.05, 0.1) is 6.07 Å². The highest BCUT2D eigenvalue weighted by molar-refractivity contribution is 5.58. The fraction of sp³-hybridized carbons (Fsp3) is 0.333. The highest BCUT2D eigenvalue weighted by atomic mass is 16.6. The van der Waals surface area contributed by atoms with E-state index in [1.54, 1.807) is 6.07 Å². The molecule has 0 spiro atoms. The molecule has 0 saturated carbocycles. The Balaban J connectivity index is 2.34. The van der Waals surface area contributed by atoms with Crippen molar-refractivity contribution in [1.29, 1.82) is 0 Å². The Bertz CT molecular complexity index is 578. The van der Waals surface area contributed by atoms with Crippen molar-refractivity contribution < 1.29 is 9.34 Å². The summed E-state index contributed by atoms with van der Waals surface area (Å²) in [5.41, 5.74) is 0.532. The number of nitrogens with zero attached hydrogens (tertiary/aromatic N) is 4. The normalized spacial score (nSPS) is 10.4. The van der Waals surface area contributed by atoms with Crippen LogP contribution in [0.15, 0.2) is 28.9 Å². The number of rotatable bonds is 5. The summed E-state index contributed by atoms with van der Waals surface area (Å²) in [7, 11) is 0. The smallest absolute Gasteiger partial charge is 0.399 e. The van der Waals surface area contributed by atoms with Crippen LogP contribution in [0.4, 0.5) is 11.7 Å². The lowest BCUT2D eigenvalue weighted by Crippen LogP contribution is -2.22. The molecule has 2 rings (SSSR count). The topological polar surface area (TPSA) is 85.3 Å². The van der Waals surface area contributed by atoms with Gasteiger partial charge in [-0.05, 0) is 19.9 Å². The van der Waals surface area contributed by atoms with E-state index in [0.717, 1.165) is 18.9 Å². The number of hydrogen-bond acceptors (Lipinski definition) is 6. The Labute approximate surface area is 110 Å². The highest BCUT2D eigenvalue weighted by Crippen LogP contribution is 2.26. The zero-order valence-electron chi connectivity index (χ0n) is 10.7. The quantitative estimate of drug-likeness (QED) is 0.607. The lowest BCUT2D eigenvalue weighted by atomic mass is 10.3. The van der Waals surface area contributed by atoms with Crippen molar-refractivity contribution >= 4 is 11.7 Å².